The lowest BCUT2D eigenvalue weighted by Gasteiger charge is -2.06. The Hall–Kier alpha value is -3.07. The van der Waals surface area contributed by atoms with Crippen LogP contribution in [0.15, 0.2) is 29.8 Å². The molecule has 0 spiro atoms. The number of H-pyrrole nitrogens is 1. The number of ether oxygens (including phenoxy) is 2. The van der Waals surface area contributed by atoms with Crippen LogP contribution in [0.5, 0.6) is 11.5 Å². The number of methoxy groups -OCH3 is 2. The number of carbonyl (C=O) groups excluding carboxylic acids is 2. The Kier molecular flexibility index (Phi) is 5.92. The van der Waals surface area contributed by atoms with E-state index in [-0.39, 0.29) is 11.8 Å². The maximum Gasteiger partial charge on any atom is 0.267 e. The molecule has 3 aromatic rings. The molecule has 2 aromatic heterocycles. The van der Waals surface area contributed by atoms with Gasteiger partial charge >= 0.3 is 0 Å². The highest BCUT2D eigenvalue weighted by molar-refractivity contribution is 7.13. The van der Waals surface area contributed by atoms with Crippen molar-refractivity contribution < 1.29 is 19.1 Å². The molecule has 3 rings (SSSR count). The lowest BCUT2D eigenvalue weighted by molar-refractivity contribution is -0.116. The molecule has 0 aliphatic rings. The SMILES string of the molecule is COc1cc2cc(C(=O)NCCCC(=O)Nc3nccs3)[nH]c2cc1OC. The number of benzene rings is 1. The van der Waals surface area contributed by atoms with Crippen molar-refractivity contribution in [2.45, 2.75) is 12.8 Å². The molecule has 142 valence electrons. The number of nitrogens with one attached hydrogen (secondary N) is 3. The van der Waals surface area contributed by atoms with Gasteiger partial charge in [0.2, 0.25) is 5.91 Å². The minimum atomic E-state index is -0.232. The van der Waals surface area contributed by atoms with Crippen LogP contribution in [0.1, 0.15) is 23.3 Å². The summed E-state index contributed by atoms with van der Waals surface area (Å²) in [6.07, 6.45) is 2.47. The molecule has 0 bridgehead atoms. The number of fused-ring (bicyclic) bond motifs is 1. The number of rotatable bonds is 8. The summed E-state index contributed by atoms with van der Waals surface area (Å²) in [5.74, 6) is 0.834. The average Bonchev–Trinajstić information content (AvgIpc) is 3.32. The number of amides is 2. The van der Waals surface area contributed by atoms with Crippen LogP contribution in [0.4, 0.5) is 5.13 Å². The first-order valence-electron chi connectivity index (χ1n) is 8.33. The van der Waals surface area contributed by atoms with Crippen molar-refractivity contribution >= 4 is 39.2 Å². The number of carbonyl (C=O) groups is 2. The van der Waals surface area contributed by atoms with E-state index < -0.39 is 0 Å². The number of hydrogen-bond donors (Lipinski definition) is 3. The van der Waals surface area contributed by atoms with Gasteiger partial charge in [0.15, 0.2) is 16.6 Å². The molecule has 1 aromatic carbocycles. The maximum atomic E-state index is 12.3. The van der Waals surface area contributed by atoms with E-state index in [0.29, 0.717) is 41.7 Å². The van der Waals surface area contributed by atoms with Crippen molar-refractivity contribution in [2.24, 2.45) is 0 Å². The third-order valence-electron chi connectivity index (χ3n) is 3.91. The van der Waals surface area contributed by atoms with Crippen molar-refractivity contribution in [3.63, 3.8) is 0 Å². The van der Waals surface area contributed by atoms with Crippen LogP contribution in [0.3, 0.4) is 0 Å². The zero-order valence-corrected chi connectivity index (χ0v) is 15.8. The van der Waals surface area contributed by atoms with Gasteiger partial charge in [0.05, 0.1) is 14.2 Å². The van der Waals surface area contributed by atoms with Crippen molar-refractivity contribution in [1.82, 2.24) is 15.3 Å². The lowest BCUT2D eigenvalue weighted by atomic mass is 10.2. The molecule has 0 fully saturated rings. The van der Waals surface area contributed by atoms with Gasteiger partial charge in [-0.3, -0.25) is 9.59 Å². The highest BCUT2D eigenvalue weighted by Crippen LogP contribution is 2.32. The summed E-state index contributed by atoms with van der Waals surface area (Å²) < 4.78 is 10.5. The first-order chi connectivity index (χ1) is 13.1. The zero-order valence-electron chi connectivity index (χ0n) is 15.0. The normalized spacial score (nSPS) is 10.6. The van der Waals surface area contributed by atoms with Crippen LogP contribution in [0.2, 0.25) is 0 Å². The fourth-order valence-electron chi connectivity index (χ4n) is 2.59. The summed E-state index contributed by atoms with van der Waals surface area (Å²) in [6, 6.07) is 5.35. The van der Waals surface area contributed by atoms with Gasteiger partial charge in [-0.15, -0.1) is 11.3 Å². The Morgan fingerprint density at radius 3 is 2.67 bits per heavy atom. The van der Waals surface area contributed by atoms with Gasteiger partial charge in [-0.1, -0.05) is 0 Å². The fourth-order valence-corrected chi connectivity index (χ4v) is 3.14. The Labute approximate surface area is 159 Å². The number of hydrogen-bond acceptors (Lipinski definition) is 6. The highest BCUT2D eigenvalue weighted by atomic mass is 32.1. The second-order valence-corrected chi connectivity index (χ2v) is 6.62. The van der Waals surface area contributed by atoms with E-state index in [2.05, 4.69) is 20.6 Å². The van der Waals surface area contributed by atoms with Gasteiger partial charge < -0.3 is 25.1 Å². The second kappa shape index (κ2) is 8.54. The molecule has 0 saturated carbocycles. The van der Waals surface area contributed by atoms with Gasteiger partial charge in [-0.2, -0.15) is 0 Å². The Morgan fingerprint density at radius 1 is 1.19 bits per heavy atom. The monoisotopic (exact) mass is 388 g/mol. The van der Waals surface area contributed by atoms with Gasteiger partial charge in [0, 0.05) is 41.5 Å². The smallest absolute Gasteiger partial charge is 0.267 e. The molecule has 2 heterocycles. The average molecular weight is 388 g/mol. The molecule has 27 heavy (non-hydrogen) atoms. The van der Waals surface area contributed by atoms with Crippen LogP contribution in [0, 0.1) is 0 Å². The molecule has 3 N–H and O–H groups in total. The van der Waals surface area contributed by atoms with Gasteiger partial charge in [0.1, 0.15) is 5.69 Å². The number of thiazole rings is 1. The van der Waals surface area contributed by atoms with Crippen molar-refractivity contribution in [3.8, 4) is 11.5 Å². The molecule has 0 radical (unpaired) electrons. The number of anilines is 1. The molecule has 0 aliphatic carbocycles. The first kappa shape index (κ1) is 18.7. The van der Waals surface area contributed by atoms with E-state index in [4.69, 9.17) is 9.47 Å². The fraction of sp³-hybridized carbons (Fsp3) is 0.278. The number of aromatic amines is 1. The van der Waals surface area contributed by atoms with Crippen LogP contribution in [-0.2, 0) is 4.79 Å². The minimum Gasteiger partial charge on any atom is -0.493 e. The van der Waals surface area contributed by atoms with Gasteiger partial charge in [-0.25, -0.2) is 4.98 Å². The summed E-state index contributed by atoms with van der Waals surface area (Å²) in [6.45, 7) is 0.395. The van der Waals surface area contributed by atoms with Crippen molar-refractivity contribution in [1.29, 1.82) is 0 Å². The van der Waals surface area contributed by atoms with E-state index >= 15 is 0 Å². The van der Waals surface area contributed by atoms with Gasteiger partial charge in [-0.05, 0) is 18.6 Å². The standard InChI is InChI=1S/C18H20N4O4S/c1-25-14-9-11-8-13(21-12(11)10-15(14)26-2)17(24)19-5-3-4-16(23)22-18-20-6-7-27-18/h6-10,21H,3-5H2,1-2H3,(H,19,24)(H,20,22,23). The Morgan fingerprint density at radius 2 is 1.96 bits per heavy atom. The van der Waals surface area contributed by atoms with Crippen LogP contribution in [-0.4, -0.2) is 42.5 Å². The van der Waals surface area contributed by atoms with Crippen molar-refractivity contribution in [2.75, 3.05) is 26.1 Å². The highest BCUT2D eigenvalue weighted by Gasteiger charge is 2.13. The number of nitrogens with zero attached hydrogens (tertiary/aromatic N) is 1. The van der Waals surface area contributed by atoms with E-state index in [1.807, 2.05) is 6.07 Å². The first-order valence-corrected chi connectivity index (χ1v) is 9.21. The van der Waals surface area contributed by atoms with E-state index in [1.54, 1.807) is 37.9 Å². The molecule has 0 saturated heterocycles. The van der Waals surface area contributed by atoms with E-state index in [9.17, 15) is 9.59 Å². The van der Waals surface area contributed by atoms with Gasteiger partial charge in [0.25, 0.3) is 5.91 Å². The van der Waals surface area contributed by atoms with Crippen LogP contribution >= 0.6 is 11.3 Å². The summed E-state index contributed by atoms with van der Waals surface area (Å²) in [5, 5.41) is 8.73. The quantitative estimate of drug-likeness (QED) is 0.515. The zero-order chi connectivity index (χ0) is 19.2. The van der Waals surface area contributed by atoms with E-state index in [1.165, 1.54) is 11.3 Å². The summed E-state index contributed by atoms with van der Waals surface area (Å²) in [5.41, 5.74) is 1.22. The number of aromatic nitrogens is 2. The third-order valence-corrected chi connectivity index (χ3v) is 4.60. The Bertz CT molecular complexity index is 895. The molecular weight excluding hydrogens is 368 g/mol. The minimum absolute atomic E-state index is 0.121. The molecule has 0 unspecified atom stereocenters. The lowest BCUT2D eigenvalue weighted by Crippen LogP contribution is -2.25. The maximum absolute atomic E-state index is 12.3. The summed E-state index contributed by atoms with van der Waals surface area (Å²) in [4.78, 5) is 31.1. The predicted octanol–water partition coefficient (Wildman–Crippen LogP) is 2.79. The molecule has 0 aliphatic heterocycles. The predicted molar refractivity (Wildman–Crippen MR) is 104 cm³/mol. The molecule has 0 atom stereocenters. The topological polar surface area (TPSA) is 105 Å². The van der Waals surface area contributed by atoms with Crippen LogP contribution < -0.4 is 20.1 Å². The summed E-state index contributed by atoms with van der Waals surface area (Å²) in [7, 11) is 3.12. The molecular formula is C18H20N4O4S. The van der Waals surface area contributed by atoms with Crippen LogP contribution in [0.25, 0.3) is 10.9 Å². The Balaban J connectivity index is 1.52. The largest absolute Gasteiger partial charge is 0.493 e. The third kappa shape index (κ3) is 4.56. The summed E-state index contributed by atoms with van der Waals surface area (Å²) >= 11 is 1.36. The second-order valence-electron chi connectivity index (χ2n) is 5.72. The molecule has 9 heteroatoms. The van der Waals surface area contributed by atoms with Crippen molar-refractivity contribution in [3.05, 3.63) is 35.5 Å². The molecule has 8 nitrogen and oxygen atoms in total. The molecule has 2 amide bonds. The van der Waals surface area contributed by atoms with E-state index in [0.717, 1.165) is 10.9 Å².